The third-order valence-electron chi connectivity index (χ3n) is 6.96. The lowest BCUT2D eigenvalue weighted by molar-refractivity contribution is 0.278. The van der Waals surface area contributed by atoms with Gasteiger partial charge >= 0.3 is 0 Å². The van der Waals surface area contributed by atoms with Crippen LogP contribution in [0, 0.1) is 0 Å². The van der Waals surface area contributed by atoms with E-state index >= 15 is 0 Å². The van der Waals surface area contributed by atoms with Gasteiger partial charge in [0.25, 0.3) is 0 Å². The van der Waals surface area contributed by atoms with Gasteiger partial charge in [-0.05, 0) is 48.2 Å². The number of allylic oxidation sites excluding steroid dienone is 5. The van der Waals surface area contributed by atoms with E-state index in [1.54, 1.807) is 0 Å². The van der Waals surface area contributed by atoms with Crippen LogP contribution in [-0.2, 0) is 19.6 Å². The predicted octanol–water partition coefficient (Wildman–Crippen LogP) is 7.58. The maximum Gasteiger partial charge on any atom is 0.128 e. The van der Waals surface area contributed by atoms with Crippen molar-refractivity contribution in [3.63, 3.8) is 0 Å². The molecule has 0 unspecified atom stereocenters. The van der Waals surface area contributed by atoms with Crippen LogP contribution in [-0.4, -0.2) is 15.7 Å². The fourth-order valence-corrected chi connectivity index (χ4v) is 5.16. The number of nitrogens with one attached hydrogen (secondary N) is 1. The molecule has 182 valence electrons. The van der Waals surface area contributed by atoms with Crippen molar-refractivity contribution in [1.29, 1.82) is 0 Å². The monoisotopic (exact) mass is 477 g/mol. The minimum Gasteiger partial charge on any atom is -0.488 e. The highest BCUT2D eigenvalue weighted by Crippen LogP contribution is 2.50. The second kappa shape index (κ2) is 9.65. The zero-order valence-corrected chi connectivity index (χ0v) is 20.9. The maximum atomic E-state index is 6.32. The van der Waals surface area contributed by atoms with Crippen LogP contribution in [0.5, 0.6) is 11.5 Å². The van der Waals surface area contributed by atoms with E-state index in [0.29, 0.717) is 13.2 Å². The van der Waals surface area contributed by atoms with Crippen molar-refractivity contribution in [2.45, 2.75) is 59.2 Å². The zero-order chi connectivity index (χ0) is 24.5. The quantitative estimate of drug-likeness (QED) is 0.340. The summed E-state index contributed by atoms with van der Waals surface area (Å²) in [5, 5.41) is 0. The molecule has 0 saturated carbocycles. The van der Waals surface area contributed by atoms with Crippen molar-refractivity contribution in [3.8, 4) is 33.9 Å². The molecule has 0 amide bonds. The van der Waals surface area contributed by atoms with Crippen molar-refractivity contribution in [2.75, 3.05) is 0 Å². The summed E-state index contributed by atoms with van der Waals surface area (Å²) in [4.78, 5) is 12.7. The third kappa shape index (κ3) is 4.19. The molecule has 5 nitrogen and oxygen atoms in total. The standard InChI is InChI=1S/C31H31N3O2/c1-3-5-7-9-25-13-22(16-32-25)20-11-23-18-36-28-15-21(26-17-33-29(34-26)10-8-6-4-2)12-24-19-35-27(14-20)30(23)31(24)28/h5-8,11-12,14-17H,3-4,9-10,13,18-19H2,1-2H3,(H,33,34). The first-order chi connectivity index (χ1) is 17.7. The minimum absolute atomic E-state index is 0.526. The molecule has 4 heterocycles. The molecule has 0 saturated heterocycles. The first kappa shape index (κ1) is 22.6. The van der Waals surface area contributed by atoms with Gasteiger partial charge < -0.3 is 14.5 Å². The van der Waals surface area contributed by atoms with Gasteiger partial charge in [-0.2, -0.15) is 0 Å². The predicted molar refractivity (Wildman–Crippen MR) is 145 cm³/mol. The molecule has 3 aromatic rings. The lowest BCUT2D eigenvalue weighted by atomic mass is 9.86. The Labute approximate surface area is 212 Å². The normalized spacial score (nSPS) is 15.6. The molecular formula is C31H31N3O2. The summed E-state index contributed by atoms with van der Waals surface area (Å²) in [5.41, 5.74) is 10.4. The Kier molecular flexibility index (Phi) is 6.06. The number of aromatic amines is 1. The summed E-state index contributed by atoms with van der Waals surface area (Å²) in [6.45, 7) is 5.35. The van der Waals surface area contributed by atoms with E-state index in [-0.39, 0.29) is 0 Å². The summed E-state index contributed by atoms with van der Waals surface area (Å²) in [7, 11) is 0. The molecule has 0 atom stereocenters. The van der Waals surface area contributed by atoms with Gasteiger partial charge in [-0.3, -0.25) is 4.99 Å². The fourth-order valence-electron chi connectivity index (χ4n) is 5.16. The molecule has 1 aromatic heterocycles. The van der Waals surface area contributed by atoms with Crippen LogP contribution in [0.2, 0.25) is 0 Å². The second-order valence-corrected chi connectivity index (χ2v) is 9.53. The van der Waals surface area contributed by atoms with Crippen LogP contribution < -0.4 is 9.47 Å². The molecular weight excluding hydrogens is 446 g/mol. The molecule has 0 bridgehead atoms. The SMILES string of the molecule is CCC=CCC1=NC=C(c2cc3c4c(c2)OCc2cc(-c5cnc(CC=CCC)[nH]5)cc(c2-4)OC3)C1. The lowest BCUT2D eigenvalue weighted by Gasteiger charge is -2.30. The number of imidazole rings is 1. The molecule has 0 aliphatic carbocycles. The van der Waals surface area contributed by atoms with Gasteiger partial charge in [0.2, 0.25) is 0 Å². The Bertz CT molecular complexity index is 1390. The van der Waals surface area contributed by atoms with Crippen LogP contribution in [0.4, 0.5) is 0 Å². The largest absolute Gasteiger partial charge is 0.488 e. The summed E-state index contributed by atoms with van der Waals surface area (Å²) < 4.78 is 12.6. The van der Waals surface area contributed by atoms with Crippen LogP contribution in [0.3, 0.4) is 0 Å². The molecule has 36 heavy (non-hydrogen) atoms. The van der Waals surface area contributed by atoms with Gasteiger partial charge in [-0.1, -0.05) is 38.2 Å². The average Bonchev–Trinajstić information content (AvgIpc) is 3.57. The van der Waals surface area contributed by atoms with Gasteiger partial charge in [-0.15, -0.1) is 0 Å². The number of aromatic nitrogens is 2. The number of H-pyrrole nitrogens is 1. The molecule has 1 N–H and O–H groups in total. The smallest absolute Gasteiger partial charge is 0.128 e. The molecule has 5 heteroatoms. The van der Waals surface area contributed by atoms with Crippen LogP contribution >= 0.6 is 0 Å². The average molecular weight is 478 g/mol. The molecule has 3 aliphatic rings. The number of aliphatic imine (C=N–C) groups is 1. The van der Waals surface area contributed by atoms with Gasteiger partial charge in [0.15, 0.2) is 0 Å². The van der Waals surface area contributed by atoms with E-state index in [9.17, 15) is 0 Å². The lowest BCUT2D eigenvalue weighted by Crippen LogP contribution is -2.15. The highest BCUT2D eigenvalue weighted by Gasteiger charge is 2.30. The summed E-state index contributed by atoms with van der Waals surface area (Å²) >= 11 is 0. The highest BCUT2D eigenvalue weighted by atomic mass is 16.5. The van der Waals surface area contributed by atoms with E-state index in [2.05, 4.69) is 77.4 Å². The van der Waals surface area contributed by atoms with E-state index in [1.807, 2.05) is 12.4 Å². The summed E-state index contributed by atoms with van der Waals surface area (Å²) in [6, 6.07) is 8.78. The topological polar surface area (TPSA) is 59.5 Å². The van der Waals surface area contributed by atoms with Crippen molar-refractivity contribution in [1.82, 2.24) is 9.97 Å². The Morgan fingerprint density at radius 3 is 2.22 bits per heavy atom. The van der Waals surface area contributed by atoms with E-state index in [4.69, 9.17) is 9.47 Å². The summed E-state index contributed by atoms with van der Waals surface area (Å²) in [6.07, 6.45) is 17.4. The maximum absolute atomic E-state index is 6.32. The van der Waals surface area contributed by atoms with Crippen LogP contribution in [0.25, 0.3) is 28.0 Å². The first-order valence-electron chi connectivity index (χ1n) is 12.9. The van der Waals surface area contributed by atoms with Crippen LogP contribution in [0.15, 0.2) is 66.0 Å². The number of hydrogen-bond acceptors (Lipinski definition) is 4. The number of rotatable bonds is 8. The van der Waals surface area contributed by atoms with Crippen molar-refractivity contribution >= 4 is 11.3 Å². The Balaban J connectivity index is 1.28. The number of benzene rings is 2. The van der Waals surface area contributed by atoms with Gasteiger partial charge in [0.1, 0.15) is 30.5 Å². The van der Waals surface area contributed by atoms with Gasteiger partial charge in [-0.25, -0.2) is 4.98 Å². The first-order valence-corrected chi connectivity index (χ1v) is 12.9. The molecule has 2 aromatic carbocycles. The fraction of sp³-hybridized carbons (Fsp3) is 0.290. The Morgan fingerprint density at radius 2 is 1.50 bits per heavy atom. The molecule has 0 fully saturated rings. The minimum atomic E-state index is 0.526. The number of nitrogens with zero attached hydrogens (tertiary/aromatic N) is 2. The van der Waals surface area contributed by atoms with Crippen molar-refractivity contribution in [2.24, 2.45) is 4.99 Å². The number of ether oxygens (including phenoxy) is 2. The van der Waals surface area contributed by atoms with Crippen LogP contribution in [0.1, 0.15) is 62.0 Å². The Morgan fingerprint density at radius 1 is 0.833 bits per heavy atom. The second-order valence-electron chi connectivity index (χ2n) is 9.53. The van der Waals surface area contributed by atoms with Crippen molar-refractivity contribution in [3.05, 3.63) is 83.5 Å². The third-order valence-corrected chi connectivity index (χ3v) is 6.96. The van der Waals surface area contributed by atoms with E-state index in [1.165, 1.54) is 33.5 Å². The zero-order valence-electron chi connectivity index (χ0n) is 20.9. The molecule has 0 radical (unpaired) electrons. The highest BCUT2D eigenvalue weighted by molar-refractivity contribution is 5.99. The molecule has 6 rings (SSSR count). The van der Waals surface area contributed by atoms with Crippen molar-refractivity contribution < 1.29 is 9.47 Å². The van der Waals surface area contributed by atoms with E-state index < -0.39 is 0 Å². The van der Waals surface area contributed by atoms with Gasteiger partial charge in [0, 0.05) is 59.0 Å². The van der Waals surface area contributed by atoms with Gasteiger partial charge in [0.05, 0.1) is 11.9 Å². The summed E-state index contributed by atoms with van der Waals surface area (Å²) in [5.74, 6) is 2.83. The molecule has 3 aliphatic heterocycles. The number of hydrogen-bond donors (Lipinski definition) is 1. The van der Waals surface area contributed by atoms with E-state index in [0.717, 1.165) is 66.2 Å². The molecule has 0 spiro atoms. The Hall–Kier alpha value is -3.86.